The lowest BCUT2D eigenvalue weighted by atomic mass is 9.65. The van der Waals surface area contributed by atoms with Gasteiger partial charge in [0.2, 0.25) is 5.91 Å². The van der Waals surface area contributed by atoms with Crippen molar-refractivity contribution in [2.75, 3.05) is 13.2 Å². The van der Waals surface area contributed by atoms with Crippen molar-refractivity contribution in [2.45, 2.75) is 98.3 Å². The number of hydrogen-bond acceptors (Lipinski definition) is 5. The number of esters is 1. The van der Waals surface area contributed by atoms with Crippen molar-refractivity contribution in [1.29, 1.82) is 0 Å². The summed E-state index contributed by atoms with van der Waals surface area (Å²) in [6, 6.07) is 4.22. The lowest BCUT2D eigenvalue weighted by molar-refractivity contribution is -0.138. The molecule has 1 aliphatic carbocycles. The molecule has 4 rings (SSSR count). The van der Waals surface area contributed by atoms with Crippen LogP contribution in [-0.4, -0.2) is 41.1 Å². The zero-order chi connectivity index (χ0) is 26.6. The first-order chi connectivity index (χ1) is 17.8. The summed E-state index contributed by atoms with van der Waals surface area (Å²) in [5, 5.41) is 0. The van der Waals surface area contributed by atoms with E-state index < -0.39 is 0 Å². The highest BCUT2D eigenvalue weighted by Crippen LogP contribution is 2.50. The van der Waals surface area contributed by atoms with Crippen molar-refractivity contribution in [1.82, 2.24) is 9.88 Å². The number of cyclic esters (lactones) is 1. The minimum absolute atomic E-state index is 0.227. The van der Waals surface area contributed by atoms with Crippen LogP contribution < -0.4 is 0 Å². The Hall–Kier alpha value is -2.50. The average molecular weight is 508 g/mol. The van der Waals surface area contributed by atoms with E-state index in [1.807, 2.05) is 23.4 Å². The first-order valence-corrected chi connectivity index (χ1v) is 14.5. The summed E-state index contributed by atoms with van der Waals surface area (Å²) in [7, 11) is 0. The number of rotatable bonds is 10. The van der Waals surface area contributed by atoms with E-state index in [4.69, 9.17) is 4.74 Å². The molecule has 1 saturated heterocycles. The molecule has 0 bridgehead atoms. The molecule has 1 spiro atoms. The zero-order valence-corrected chi connectivity index (χ0v) is 23.5. The van der Waals surface area contributed by atoms with Gasteiger partial charge in [-0.15, -0.1) is 0 Å². The minimum atomic E-state index is -0.283. The van der Waals surface area contributed by atoms with Crippen LogP contribution in [0.1, 0.15) is 104 Å². The van der Waals surface area contributed by atoms with E-state index in [9.17, 15) is 9.59 Å². The van der Waals surface area contributed by atoms with Crippen LogP contribution in [0.25, 0.3) is 0 Å². The number of likely N-dealkylation sites (tertiary alicyclic amines) is 1. The number of aliphatic imine (C=N–C) groups is 1. The molecular weight excluding hydrogens is 462 g/mol. The SMILES string of the molecule is CCC(C)C=Nc1ccc(C(C)CCC(CC)C2CCC3(CC2)CCN(C2=C(C)C(=O)OC2)C3=O)cn1. The number of nitrogens with zero attached hydrogens (tertiary/aromatic N) is 3. The van der Waals surface area contributed by atoms with Gasteiger partial charge in [-0.1, -0.05) is 40.2 Å². The van der Waals surface area contributed by atoms with E-state index in [2.05, 4.69) is 43.7 Å². The Morgan fingerprint density at radius 1 is 1.14 bits per heavy atom. The number of amides is 1. The van der Waals surface area contributed by atoms with Gasteiger partial charge in [0.05, 0.1) is 16.7 Å². The van der Waals surface area contributed by atoms with E-state index in [0.717, 1.165) is 63.0 Å². The fraction of sp³-hybridized carbons (Fsp3) is 0.677. The Kier molecular flexibility index (Phi) is 8.86. The van der Waals surface area contributed by atoms with Gasteiger partial charge in [-0.2, -0.15) is 0 Å². The molecule has 6 nitrogen and oxygen atoms in total. The van der Waals surface area contributed by atoms with E-state index in [1.165, 1.54) is 18.4 Å². The predicted octanol–water partition coefficient (Wildman–Crippen LogP) is 6.98. The number of aromatic nitrogens is 1. The molecule has 1 amide bonds. The monoisotopic (exact) mass is 507 g/mol. The standard InChI is InChI=1S/C31H45N3O3/c1-6-21(3)18-32-28-11-10-26(19-33-28)22(4)8-9-24(7-2)25-12-14-31(15-13-25)16-17-34(30(31)36)27-20-37-29(35)23(27)5/h10-11,18-19,21-22,24-25H,6-9,12-17,20H2,1-5H3. The van der Waals surface area contributed by atoms with Crippen LogP contribution in [0.5, 0.6) is 0 Å². The zero-order valence-electron chi connectivity index (χ0n) is 23.5. The normalized spacial score (nSPS) is 26.8. The highest BCUT2D eigenvalue weighted by molar-refractivity contribution is 5.94. The van der Waals surface area contributed by atoms with Gasteiger partial charge in [0.1, 0.15) is 6.61 Å². The van der Waals surface area contributed by atoms with Crippen LogP contribution >= 0.6 is 0 Å². The molecule has 0 N–H and O–H groups in total. The number of carbonyl (C=O) groups is 2. The number of pyridine rings is 1. The van der Waals surface area contributed by atoms with E-state index >= 15 is 0 Å². The smallest absolute Gasteiger partial charge is 0.336 e. The molecule has 3 unspecified atom stereocenters. The molecule has 6 heteroatoms. The first kappa shape index (κ1) is 27.5. The third-order valence-electron chi connectivity index (χ3n) is 9.51. The Balaban J connectivity index is 1.28. The van der Waals surface area contributed by atoms with Crippen LogP contribution in [0.4, 0.5) is 5.82 Å². The van der Waals surface area contributed by atoms with E-state index in [1.54, 1.807) is 6.92 Å². The Morgan fingerprint density at radius 3 is 2.49 bits per heavy atom. The third kappa shape index (κ3) is 5.99. The van der Waals surface area contributed by atoms with Crippen LogP contribution in [0.15, 0.2) is 34.6 Å². The van der Waals surface area contributed by atoms with Gasteiger partial charge in [0, 0.05) is 19.0 Å². The number of carbonyl (C=O) groups excluding carboxylic acids is 2. The Labute approximate surface area is 223 Å². The van der Waals surface area contributed by atoms with Crippen molar-refractivity contribution in [3.8, 4) is 0 Å². The summed E-state index contributed by atoms with van der Waals surface area (Å²) < 4.78 is 5.17. The molecule has 1 saturated carbocycles. The third-order valence-corrected chi connectivity index (χ3v) is 9.51. The highest BCUT2D eigenvalue weighted by atomic mass is 16.5. The Morgan fingerprint density at radius 2 is 1.89 bits per heavy atom. The van der Waals surface area contributed by atoms with Gasteiger partial charge in [0.25, 0.3) is 0 Å². The number of hydrogen-bond donors (Lipinski definition) is 0. The van der Waals surface area contributed by atoms with E-state index in [0.29, 0.717) is 29.2 Å². The highest BCUT2D eigenvalue weighted by Gasteiger charge is 2.50. The van der Waals surface area contributed by atoms with Gasteiger partial charge in [-0.05, 0) is 93.6 Å². The quantitative estimate of drug-likeness (QED) is 0.253. The Bertz CT molecular complexity index is 1020. The number of ether oxygens (including phenoxy) is 1. The molecule has 1 aromatic rings. The maximum absolute atomic E-state index is 13.5. The van der Waals surface area contributed by atoms with Crippen molar-refractivity contribution < 1.29 is 14.3 Å². The fourth-order valence-corrected chi connectivity index (χ4v) is 6.43. The molecule has 2 aliphatic heterocycles. The second-order valence-corrected chi connectivity index (χ2v) is 11.7. The van der Waals surface area contributed by atoms with Crippen molar-refractivity contribution >= 4 is 23.9 Å². The summed E-state index contributed by atoms with van der Waals surface area (Å²) in [4.78, 5) is 36.2. The maximum atomic E-state index is 13.5. The molecule has 37 heavy (non-hydrogen) atoms. The average Bonchev–Trinajstić information content (AvgIpc) is 3.41. The van der Waals surface area contributed by atoms with Gasteiger partial charge in [0.15, 0.2) is 5.82 Å². The molecule has 202 valence electrons. The fourth-order valence-electron chi connectivity index (χ4n) is 6.43. The summed E-state index contributed by atoms with van der Waals surface area (Å²) in [5.74, 6) is 3.07. The lowest BCUT2D eigenvalue weighted by Gasteiger charge is -2.39. The predicted molar refractivity (Wildman–Crippen MR) is 148 cm³/mol. The molecular formula is C31H45N3O3. The summed E-state index contributed by atoms with van der Waals surface area (Å²) in [6.07, 6.45) is 13.8. The van der Waals surface area contributed by atoms with Gasteiger partial charge in [-0.3, -0.25) is 4.79 Å². The second-order valence-electron chi connectivity index (χ2n) is 11.7. The van der Waals surface area contributed by atoms with Crippen LogP contribution in [-0.2, 0) is 14.3 Å². The minimum Gasteiger partial charge on any atom is -0.456 e. The summed E-state index contributed by atoms with van der Waals surface area (Å²) >= 11 is 0. The lowest BCUT2D eigenvalue weighted by Crippen LogP contribution is -2.38. The maximum Gasteiger partial charge on any atom is 0.336 e. The van der Waals surface area contributed by atoms with Gasteiger partial charge < -0.3 is 9.64 Å². The molecule has 0 radical (unpaired) electrons. The molecule has 3 atom stereocenters. The largest absolute Gasteiger partial charge is 0.456 e. The topological polar surface area (TPSA) is 71.9 Å². The van der Waals surface area contributed by atoms with Crippen LogP contribution in [0.2, 0.25) is 0 Å². The second kappa shape index (κ2) is 11.9. The summed E-state index contributed by atoms with van der Waals surface area (Å²) in [6.45, 7) is 11.7. The van der Waals surface area contributed by atoms with Gasteiger partial charge >= 0.3 is 5.97 Å². The van der Waals surface area contributed by atoms with E-state index in [-0.39, 0.29) is 23.9 Å². The summed E-state index contributed by atoms with van der Waals surface area (Å²) in [5.41, 5.74) is 2.45. The van der Waals surface area contributed by atoms with Crippen molar-refractivity contribution in [2.24, 2.45) is 28.2 Å². The molecule has 0 aromatic carbocycles. The molecule has 1 aromatic heterocycles. The van der Waals surface area contributed by atoms with Crippen LogP contribution in [0.3, 0.4) is 0 Å². The van der Waals surface area contributed by atoms with Crippen molar-refractivity contribution in [3.63, 3.8) is 0 Å². The van der Waals surface area contributed by atoms with Crippen molar-refractivity contribution in [3.05, 3.63) is 35.2 Å². The molecule has 2 fully saturated rings. The first-order valence-electron chi connectivity index (χ1n) is 14.5. The van der Waals surface area contributed by atoms with Gasteiger partial charge in [-0.25, -0.2) is 14.8 Å². The molecule has 3 aliphatic rings. The van der Waals surface area contributed by atoms with Crippen LogP contribution in [0, 0.1) is 23.2 Å². The molecule has 3 heterocycles.